The van der Waals surface area contributed by atoms with Crippen molar-refractivity contribution in [2.75, 3.05) is 59.8 Å². The molecule has 10 nitrogen and oxygen atoms in total. The summed E-state index contributed by atoms with van der Waals surface area (Å²) >= 11 is 0. The highest BCUT2D eigenvalue weighted by Gasteiger charge is 2.19. The Bertz CT molecular complexity index is 595. The molecule has 0 amide bonds. The minimum atomic E-state index is -0.842. The lowest BCUT2D eigenvalue weighted by Crippen LogP contribution is -2.41. The lowest BCUT2D eigenvalue weighted by molar-refractivity contribution is -0.137. The number of hydrogen-bond acceptors (Lipinski definition) is 9. The van der Waals surface area contributed by atoms with Crippen molar-refractivity contribution in [1.29, 1.82) is 0 Å². The number of likely N-dealkylation sites (N-methyl/N-ethyl adjacent to an activating group) is 1. The molecule has 178 valence electrons. The topological polar surface area (TPSA) is 131 Å². The Balaban J connectivity index is 2.60. The summed E-state index contributed by atoms with van der Waals surface area (Å²) < 4.78 is 21.9. The van der Waals surface area contributed by atoms with Gasteiger partial charge in [0.25, 0.3) is 0 Å². The van der Waals surface area contributed by atoms with Crippen LogP contribution in [-0.4, -0.2) is 97.1 Å². The minimum absolute atomic E-state index is 0.0280. The Morgan fingerprint density at radius 1 is 1.06 bits per heavy atom. The molecule has 1 heterocycles. The standard InChI is InChI=1S/C21H36N2O8/c1-3-23(6-4-21(26)27)19(16-30-11-10-29-9-8-28-2)5-7-31-20-12-17(14-24)22-18(13-20)15-25/h12-13,19,24-25H,3-11,14-16H2,1-2H3,(H,26,27). The molecule has 1 rings (SSSR count). The van der Waals surface area contributed by atoms with Crippen LogP contribution < -0.4 is 4.74 Å². The molecule has 31 heavy (non-hydrogen) atoms. The van der Waals surface area contributed by atoms with E-state index in [0.717, 1.165) is 0 Å². The zero-order valence-corrected chi connectivity index (χ0v) is 18.5. The van der Waals surface area contributed by atoms with E-state index in [4.69, 9.17) is 24.1 Å². The van der Waals surface area contributed by atoms with Gasteiger partial charge in [-0.3, -0.25) is 14.7 Å². The molecule has 1 atom stereocenters. The molecule has 0 saturated heterocycles. The van der Waals surface area contributed by atoms with Gasteiger partial charge < -0.3 is 34.3 Å². The number of carboxylic acid groups (broad SMARTS) is 1. The largest absolute Gasteiger partial charge is 0.493 e. The number of pyridine rings is 1. The molecule has 0 aromatic carbocycles. The highest BCUT2D eigenvalue weighted by Crippen LogP contribution is 2.16. The SMILES string of the molecule is CCN(CCC(=O)O)C(CCOc1cc(CO)nc(CO)c1)COCCOCCOC. The van der Waals surface area contributed by atoms with Crippen LogP contribution in [0.25, 0.3) is 0 Å². The van der Waals surface area contributed by atoms with Crippen LogP contribution in [0.15, 0.2) is 12.1 Å². The average Bonchev–Trinajstić information content (AvgIpc) is 2.77. The number of aliphatic hydroxyl groups excluding tert-OH is 2. The maximum absolute atomic E-state index is 11.0. The summed E-state index contributed by atoms with van der Waals surface area (Å²) in [6.45, 7) is 5.31. The summed E-state index contributed by atoms with van der Waals surface area (Å²) in [5.41, 5.74) is 0.845. The maximum atomic E-state index is 11.0. The molecule has 0 saturated carbocycles. The average molecular weight is 445 g/mol. The van der Waals surface area contributed by atoms with Gasteiger partial charge in [0.15, 0.2) is 0 Å². The van der Waals surface area contributed by atoms with Gasteiger partial charge in [0, 0.05) is 31.8 Å². The van der Waals surface area contributed by atoms with Gasteiger partial charge in [0.1, 0.15) is 5.75 Å². The van der Waals surface area contributed by atoms with E-state index < -0.39 is 5.97 Å². The first-order valence-electron chi connectivity index (χ1n) is 10.5. The molecule has 0 fully saturated rings. The van der Waals surface area contributed by atoms with Crippen LogP contribution in [-0.2, 0) is 32.2 Å². The van der Waals surface area contributed by atoms with Crippen LogP contribution in [0.1, 0.15) is 31.2 Å². The van der Waals surface area contributed by atoms with Crippen LogP contribution in [0.2, 0.25) is 0 Å². The first-order chi connectivity index (χ1) is 15.0. The van der Waals surface area contributed by atoms with Crippen molar-refractivity contribution in [2.45, 2.75) is 39.0 Å². The molecular weight excluding hydrogens is 408 g/mol. The lowest BCUT2D eigenvalue weighted by Gasteiger charge is -2.30. The summed E-state index contributed by atoms with van der Waals surface area (Å²) in [6.07, 6.45) is 0.665. The third kappa shape index (κ3) is 12.0. The van der Waals surface area contributed by atoms with Gasteiger partial charge in [-0.2, -0.15) is 0 Å². The van der Waals surface area contributed by atoms with Crippen LogP contribution >= 0.6 is 0 Å². The Morgan fingerprint density at radius 2 is 1.71 bits per heavy atom. The second-order valence-electron chi connectivity index (χ2n) is 6.85. The van der Waals surface area contributed by atoms with Gasteiger partial charge in [-0.25, -0.2) is 0 Å². The Labute approximate surface area is 183 Å². The summed E-state index contributed by atoms with van der Waals surface area (Å²) in [5.74, 6) is -0.325. The van der Waals surface area contributed by atoms with Crippen molar-refractivity contribution >= 4 is 5.97 Å². The third-order valence-electron chi connectivity index (χ3n) is 4.60. The van der Waals surface area contributed by atoms with E-state index in [0.29, 0.717) is 76.3 Å². The number of rotatable bonds is 19. The number of ether oxygens (including phenoxy) is 4. The molecule has 0 radical (unpaired) electrons. The van der Waals surface area contributed by atoms with E-state index in [1.54, 1.807) is 19.2 Å². The smallest absolute Gasteiger partial charge is 0.304 e. The summed E-state index contributed by atoms with van der Waals surface area (Å²) in [6, 6.07) is 3.23. The van der Waals surface area contributed by atoms with Crippen molar-refractivity contribution in [3.8, 4) is 5.75 Å². The predicted molar refractivity (Wildman–Crippen MR) is 113 cm³/mol. The van der Waals surface area contributed by atoms with Gasteiger partial charge in [-0.15, -0.1) is 0 Å². The van der Waals surface area contributed by atoms with Crippen molar-refractivity contribution in [1.82, 2.24) is 9.88 Å². The second-order valence-corrected chi connectivity index (χ2v) is 6.85. The first-order valence-corrected chi connectivity index (χ1v) is 10.5. The van der Waals surface area contributed by atoms with E-state index in [2.05, 4.69) is 9.88 Å². The number of hydrogen-bond donors (Lipinski definition) is 3. The highest BCUT2D eigenvalue weighted by molar-refractivity contribution is 5.66. The molecule has 3 N–H and O–H groups in total. The van der Waals surface area contributed by atoms with Gasteiger partial charge in [0.05, 0.1) is 70.7 Å². The lowest BCUT2D eigenvalue weighted by atomic mass is 10.1. The maximum Gasteiger partial charge on any atom is 0.304 e. The molecule has 0 bridgehead atoms. The van der Waals surface area contributed by atoms with E-state index in [1.165, 1.54) is 0 Å². The molecular formula is C21H36N2O8. The summed E-state index contributed by atoms with van der Waals surface area (Å²) in [4.78, 5) is 17.1. The molecule has 0 spiro atoms. The number of nitrogens with zero attached hydrogens (tertiary/aromatic N) is 2. The normalized spacial score (nSPS) is 12.3. The van der Waals surface area contributed by atoms with E-state index in [1.807, 2.05) is 6.92 Å². The Morgan fingerprint density at radius 3 is 2.29 bits per heavy atom. The number of methoxy groups -OCH3 is 1. The first kappa shape index (κ1) is 27.2. The Kier molecular flexibility index (Phi) is 14.8. The van der Waals surface area contributed by atoms with Crippen LogP contribution in [0.5, 0.6) is 5.75 Å². The van der Waals surface area contributed by atoms with E-state index >= 15 is 0 Å². The zero-order chi connectivity index (χ0) is 22.9. The molecule has 0 aliphatic heterocycles. The van der Waals surface area contributed by atoms with Gasteiger partial charge in [-0.05, 0) is 13.0 Å². The third-order valence-corrected chi connectivity index (χ3v) is 4.60. The molecule has 1 aromatic heterocycles. The van der Waals surface area contributed by atoms with Crippen LogP contribution in [0.4, 0.5) is 0 Å². The number of aliphatic hydroxyl groups is 2. The number of aliphatic carboxylic acids is 1. The highest BCUT2D eigenvalue weighted by atomic mass is 16.5. The summed E-state index contributed by atoms with van der Waals surface area (Å²) in [5, 5.41) is 27.6. The molecule has 1 aromatic rings. The molecule has 0 aliphatic carbocycles. The molecule has 1 unspecified atom stereocenters. The molecule has 10 heteroatoms. The van der Waals surface area contributed by atoms with Gasteiger partial charge >= 0.3 is 5.97 Å². The van der Waals surface area contributed by atoms with E-state index in [-0.39, 0.29) is 25.7 Å². The summed E-state index contributed by atoms with van der Waals surface area (Å²) in [7, 11) is 1.62. The zero-order valence-electron chi connectivity index (χ0n) is 18.5. The van der Waals surface area contributed by atoms with Crippen LogP contribution in [0, 0.1) is 0 Å². The molecule has 0 aliphatic rings. The second kappa shape index (κ2) is 16.8. The number of aromatic nitrogens is 1. The Hall–Kier alpha value is -1.82. The van der Waals surface area contributed by atoms with Crippen molar-refractivity contribution in [3.63, 3.8) is 0 Å². The minimum Gasteiger partial charge on any atom is -0.493 e. The van der Waals surface area contributed by atoms with E-state index in [9.17, 15) is 15.0 Å². The fourth-order valence-corrected chi connectivity index (χ4v) is 2.97. The number of carboxylic acids is 1. The van der Waals surface area contributed by atoms with Crippen molar-refractivity contribution < 1.29 is 39.1 Å². The van der Waals surface area contributed by atoms with Gasteiger partial charge in [0.2, 0.25) is 0 Å². The quantitative estimate of drug-likeness (QED) is 0.262. The predicted octanol–water partition coefficient (Wildman–Crippen LogP) is 0.680. The van der Waals surface area contributed by atoms with Crippen LogP contribution in [0.3, 0.4) is 0 Å². The fraction of sp³-hybridized carbons (Fsp3) is 0.714. The monoisotopic (exact) mass is 444 g/mol. The van der Waals surface area contributed by atoms with Gasteiger partial charge in [-0.1, -0.05) is 6.92 Å². The van der Waals surface area contributed by atoms with Crippen molar-refractivity contribution in [3.05, 3.63) is 23.5 Å². The number of carbonyl (C=O) groups is 1. The fourth-order valence-electron chi connectivity index (χ4n) is 2.97. The van der Waals surface area contributed by atoms with Crippen molar-refractivity contribution in [2.24, 2.45) is 0 Å².